The Bertz CT molecular complexity index is 947. The number of fused-ring (bicyclic) bond motifs is 1. The minimum absolute atomic E-state index is 0.197. The highest BCUT2D eigenvalue weighted by molar-refractivity contribution is 6.21. The lowest BCUT2D eigenvalue weighted by molar-refractivity contribution is 0.0652. The molecule has 4 heteroatoms. The number of para-hydroxylation sites is 1. The number of carbonyl (C=O) groups is 2. The Balaban J connectivity index is 1.37. The monoisotopic (exact) mass is 357 g/mol. The maximum Gasteiger partial charge on any atom is 0.261 e. The molecule has 2 amide bonds. The molecule has 1 heterocycles. The number of hydrogen-bond donors (Lipinski definition) is 0. The molecule has 0 bridgehead atoms. The number of hydrogen-bond acceptors (Lipinski definition) is 3. The van der Waals surface area contributed by atoms with Crippen LogP contribution in [0.2, 0.25) is 0 Å². The van der Waals surface area contributed by atoms with Crippen LogP contribution in [0.3, 0.4) is 0 Å². The minimum Gasteiger partial charge on any atom is -0.457 e. The molecule has 27 heavy (non-hydrogen) atoms. The van der Waals surface area contributed by atoms with Gasteiger partial charge in [0.2, 0.25) is 0 Å². The van der Waals surface area contributed by atoms with E-state index in [4.69, 9.17) is 4.74 Å². The van der Waals surface area contributed by atoms with Crippen molar-refractivity contribution in [3.63, 3.8) is 0 Å². The minimum atomic E-state index is -0.197. The number of ether oxygens (including phenoxy) is 1. The maximum absolute atomic E-state index is 12.4. The van der Waals surface area contributed by atoms with E-state index in [1.54, 1.807) is 24.3 Å². The van der Waals surface area contributed by atoms with Gasteiger partial charge >= 0.3 is 0 Å². The number of imide groups is 1. The van der Waals surface area contributed by atoms with Gasteiger partial charge in [-0.25, -0.2) is 0 Å². The van der Waals surface area contributed by atoms with E-state index in [0.717, 1.165) is 23.5 Å². The predicted octanol–water partition coefficient (Wildman–Crippen LogP) is 4.71. The number of carbonyl (C=O) groups excluding carboxylic acids is 2. The van der Waals surface area contributed by atoms with E-state index in [1.807, 2.05) is 54.6 Å². The third kappa shape index (κ3) is 3.60. The molecule has 1 aliphatic heterocycles. The molecular weight excluding hydrogens is 338 g/mol. The fraction of sp³-hybridized carbons (Fsp3) is 0.130. The highest BCUT2D eigenvalue weighted by Gasteiger charge is 2.34. The summed E-state index contributed by atoms with van der Waals surface area (Å²) in [5.74, 6) is 1.17. The molecule has 0 radical (unpaired) electrons. The fourth-order valence-electron chi connectivity index (χ4n) is 3.27. The number of aryl methyl sites for hydroxylation is 1. The Kier molecular flexibility index (Phi) is 4.71. The van der Waals surface area contributed by atoms with Gasteiger partial charge in [-0.15, -0.1) is 0 Å². The molecule has 0 saturated heterocycles. The molecule has 0 aromatic heterocycles. The Morgan fingerprint density at radius 1 is 0.704 bits per heavy atom. The molecule has 0 saturated carbocycles. The van der Waals surface area contributed by atoms with Crippen molar-refractivity contribution in [3.8, 4) is 11.5 Å². The lowest BCUT2D eigenvalue weighted by atomic mass is 10.1. The van der Waals surface area contributed by atoms with E-state index in [1.165, 1.54) is 4.90 Å². The first-order valence-electron chi connectivity index (χ1n) is 8.99. The maximum atomic E-state index is 12.4. The van der Waals surface area contributed by atoms with Crippen LogP contribution < -0.4 is 4.74 Å². The smallest absolute Gasteiger partial charge is 0.261 e. The van der Waals surface area contributed by atoms with Crippen LogP contribution in [0.4, 0.5) is 0 Å². The SMILES string of the molecule is O=C1c2ccccc2C(=O)N1CCCc1cccc(Oc2ccccc2)c1. The molecule has 0 spiro atoms. The van der Waals surface area contributed by atoms with Gasteiger partial charge in [0.15, 0.2) is 0 Å². The molecule has 0 fully saturated rings. The third-order valence-electron chi connectivity index (χ3n) is 4.60. The fourth-order valence-corrected chi connectivity index (χ4v) is 3.27. The van der Waals surface area contributed by atoms with Gasteiger partial charge in [0.05, 0.1) is 11.1 Å². The zero-order valence-electron chi connectivity index (χ0n) is 14.8. The van der Waals surface area contributed by atoms with Gasteiger partial charge in [0.1, 0.15) is 11.5 Å². The first kappa shape index (κ1) is 17.0. The van der Waals surface area contributed by atoms with Crippen molar-refractivity contribution in [3.05, 3.63) is 95.6 Å². The summed E-state index contributed by atoms with van der Waals surface area (Å²) < 4.78 is 5.86. The molecule has 0 N–H and O–H groups in total. The van der Waals surface area contributed by atoms with Crippen molar-refractivity contribution >= 4 is 11.8 Å². The van der Waals surface area contributed by atoms with Gasteiger partial charge in [-0.3, -0.25) is 14.5 Å². The summed E-state index contributed by atoms with van der Waals surface area (Å²) in [6.45, 7) is 0.413. The van der Waals surface area contributed by atoms with Crippen molar-refractivity contribution in [2.45, 2.75) is 12.8 Å². The van der Waals surface area contributed by atoms with Crippen LogP contribution in [-0.4, -0.2) is 23.3 Å². The Hall–Kier alpha value is -3.40. The summed E-state index contributed by atoms with van der Waals surface area (Å²) in [5.41, 5.74) is 2.11. The lowest BCUT2D eigenvalue weighted by Crippen LogP contribution is -2.30. The van der Waals surface area contributed by atoms with Gasteiger partial charge in [-0.05, 0) is 54.8 Å². The third-order valence-corrected chi connectivity index (χ3v) is 4.60. The summed E-state index contributed by atoms with van der Waals surface area (Å²) in [6.07, 6.45) is 1.47. The van der Waals surface area contributed by atoms with Crippen LogP contribution in [0, 0.1) is 0 Å². The lowest BCUT2D eigenvalue weighted by Gasteiger charge is -2.14. The molecule has 0 aliphatic carbocycles. The molecule has 4 rings (SSSR count). The first-order valence-corrected chi connectivity index (χ1v) is 8.99. The summed E-state index contributed by atoms with van der Waals surface area (Å²) in [5, 5.41) is 0. The number of rotatable bonds is 6. The molecule has 4 nitrogen and oxygen atoms in total. The molecular formula is C23H19NO3. The van der Waals surface area contributed by atoms with Crippen LogP contribution in [0.15, 0.2) is 78.9 Å². The van der Waals surface area contributed by atoms with Gasteiger partial charge in [-0.1, -0.05) is 42.5 Å². The number of benzene rings is 3. The molecule has 0 atom stereocenters. The predicted molar refractivity (Wildman–Crippen MR) is 103 cm³/mol. The second kappa shape index (κ2) is 7.46. The molecule has 3 aromatic rings. The molecule has 0 unspecified atom stereocenters. The van der Waals surface area contributed by atoms with E-state index in [2.05, 4.69) is 0 Å². The van der Waals surface area contributed by atoms with Crippen LogP contribution >= 0.6 is 0 Å². The van der Waals surface area contributed by atoms with E-state index in [0.29, 0.717) is 24.1 Å². The van der Waals surface area contributed by atoms with Crippen molar-refractivity contribution in [1.29, 1.82) is 0 Å². The molecule has 1 aliphatic rings. The summed E-state index contributed by atoms with van der Waals surface area (Å²) in [6, 6.07) is 24.5. The van der Waals surface area contributed by atoms with Crippen LogP contribution in [0.5, 0.6) is 11.5 Å². The van der Waals surface area contributed by atoms with Gasteiger partial charge in [0, 0.05) is 6.54 Å². The quantitative estimate of drug-likeness (QED) is 0.600. The summed E-state index contributed by atoms with van der Waals surface area (Å²) in [7, 11) is 0. The second-order valence-electron chi connectivity index (χ2n) is 6.47. The van der Waals surface area contributed by atoms with Gasteiger partial charge in [0.25, 0.3) is 11.8 Å². The Morgan fingerprint density at radius 2 is 1.33 bits per heavy atom. The Labute approximate surface area is 158 Å². The molecule has 3 aromatic carbocycles. The van der Waals surface area contributed by atoms with Gasteiger partial charge in [-0.2, -0.15) is 0 Å². The average molecular weight is 357 g/mol. The molecule has 134 valence electrons. The van der Waals surface area contributed by atoms with E-state index in [-0.39, 0.29) is 11.8 Å². The van der Waals surface area contributed by atoms with E-state index in [9.17, 15) is 9.59 Å². The van der Waals surface area contributed by atoms with Crippen LogP contribution in [0.1, 0.15) is 32.7 Å². The zero-order chi connectivity index (χ0) is 18.6. The van der Waals surface area contributed by atoms with Crippen molar-refractivity contribution < 1.29 is 14.3 Å². The zero-order valence-corrected chi connectivity index (χ0v) is 14.8. The highest BCUT2D eigenvalue weighted by Crippen LogP contribution is 2.24. The highest BCUT2D eigenvalue weighted by atomic mass is 16.5. The standard InChI is InChI=1S/C23H19NO3/c25-22-20-13-4-5-14-21(20)23(26)24(22)15-7-9-17-8-6-12-19(16-17)27-18-10-2-1-3-11-18/h1-6,8,10-14,16H,7,9,15H2. The van der Waals surface area contributed by atoms with Crippen molar-refractivity contribution in [2.24, 2.45) is 0 Å². The van der Waals surface area contributed by atoms with E-state index < -0.39 is 0 Å². The Morgan fingerprint density at radius 3 is 2.04 bits per heavy atom. The normalized spacial score (nSPS) is 13.0. The topological polar surface area (TPSA) is 46.6 Å². The second-order valence-corrected chi connectivity index (χ2v) is 6.47. The largest absolute Gasteiger partial charge is 0.457 e. The van der Waals surface area contributed by atoms with Crippen LogP contribution in [-0.2, 0) is 6.42 Å². The average Bonchev–Trinajstić information content (AvgIpc) is 2.94. The summed E-state index contributed by atoms with van der Waals surface area (Å²) in [4.78, 5) is 26.1. The van der Waals surface area contributed by atoms with Crippen LogP contribution in [0.25, 0.3) is 0 Å². The van der Waals surface area contributed by atoms with E-state index >= 15 is 0 Å². The number of amides is 2. The van der Waals surface area contributed by atoms with Gasteiger partial charge < -0.3 is 4.74 Å². The van der Waals surface area contributed by atoms with Crippen molar-refractivity contribution in [2.75, 3.05) is 6.54 Å². The first-order chi connectivity index (χ1) is 13.2. The summed E-state index contributed by atoms with van der Waals surface area (Å²) >= 11 is 0. The van der Waals surface area contributed by atoms with Crippen molar-refractivity contribution in [1.82, 2.24) is 4.90 Å². The number of nitrogens with zero attached hydrogens (tertiary/aromatic N) is 1.